The number of ether oxygens (including phenoxy) is 1. The van der Waals surface area contributed by atoms with Crippen molar-refractivity contribution in [3.63, 3.8) is 0 Å². The zero-order valence-corrected chi connectivity index (χ0v) is 19.0. The molecule has 1 aliphatic heterocycles. The van der Waals surface area contributed by atoms with E-state index in [9.17, 15) is 17.6 Å². The van der Waals surface area contributed by atoms with Crippen molar-refractivity contribution >= 4 is 32.4 Å². The number of piperidine rings is 1. The van der Waals surface area contributed by atoms with E-state index in [1.54, 1.807) is 7.11 Å². The van der Waals surface area contributed by atoms with Crippen LogP contribution in [0.4, 0.5) is 9.52 Å². The Morgan fingerprint density at radius 1 is 1.16 bits per heavy atom. The van der Waals surface area contributed by atoms with Gasteiger partial charge in [-0.1, -0.05) is 24.3 Å². The van der Waals surface area contributed by atoms with Gasteiger partial charge in [-0.3, -0.25) is 4.79 Å². The van der Waals surface area contributed by atoms with Crippen LogP contribution in [0, 0.1) is 11.7 Å². The molecular formula is C22H22FN3O4S2. The van der Waals surface area contributed by atoms with Crippen LogP contribution in [0.25, 0.3) is 11.3 Å². The highest BCUT2D eigenvalue weighted by atomic mass is 32.2. The molecule has 1 fully saturated rings. The molecular weight excluding hydrogens is 453 g/mol. The van der Waals surface area contributed by atoms with Gasteiger partial charge in [0.2, 0.25) is 15.9 Å². The maximum absolute atomic E-state index is 14.0. The molecule has 0 unspecified atom stereocenters. The molecule has 32 heavy (non-hydrogen) atoms. The van der Waals surface area contributed by atoms with Crippen molar-refractivity contribution < 1.29 is 22.3 Å². The van der Waals surface area contributed by atoms with Crippen LogP contribution in [0.3, 0.4) is 0 Å². The molecule has 4 rings (SSSR count). The third-order valence-corrected chi connectivity index (χ3v) is 8.09. The normalized spacial score (nSPS) is 15.4. The predicted molar refractivity (Wildman–Crippen MR) is 121 cm³/mol. The van der Waals surface area contributed by atoms with Crippen LogP contribution in [0.2, 0.25) is 0 Å². The molecule has 0 saturated carbocycles. The molecule has 1 saturated heterocycles. The van der Waals surface area contributed by atoms with Crippen molar-refractivity contribution in [2.45, 2.75) is 17.7 Å². The molecule has 3 aromatic rings. The SMILES string of the molecule is COc1ccccc1-c1csc(NC(=O)C2CCN(S(=O)(=O)c3ccccc3F)CC2)n1. The molecule has 2 aromatic carbocycles. The van der Waals surface area contributed by atoms with Crippen molar-refractivity contribution in [1.29, 1.82) is 0 Å². The van der Waals surface area contributed by atoms with Gasteiger partial charge in [0, 0.05) is 30.0 Å². The number of para-hydroxylation sites is 1. The highest BCUT2D eigenvalue weighted by molar-refractivity contribution is 7.89. The predicted octanol–water partition coefficient (Wildman–Crippen LogP) is 4.00. The van der Waals surface area contributed by atoms with E-state index in [-0.39, 0.29) is 29.8 Å². The molecule has 1 N–H and O–H groups in total. The highest BCUT2D eigenvalue weighted by Gasteiger charge is 2.33. The van der Waals surface area contributed by atoms with Gasteiger partial charge in [0.25, 0.3) is 0 Å². The summed E-state index contributed by atoms with van der Waals surface area (Å²) in [4.78, 5) is 16.9. The van der Waals surface area contributed by atoms with Gasteiger partial charge in [0.1, 0.15) is 16.5 Å². The minimum atomic E-state index is -3.93. The van der Waals surface area contributed by atoms with E-state index in [0.29, 0.717) is 29.4 Å². The molecule has 0 spiro atoms. The van der Waals surface area contributed by atoms with Gasteiger partial charge in [-0.25, -0.2) is 17.8 Å². The Bertz CT molecular complexity index is 1220. The number of nitrogens with zero attached hydrogens (tertiary/aromatic N) is 2. The first-order chi connectivity index (χ1) is 15.4. The number of aromatic nitrogens is 1. The monoisotopic (exact) mass is 475 g/mol. The zero-order valence-electron chi connectivity index (χ0n) is 17.3. The second-order valence-corrected chi connectivity index (χ2v) is 10.1. The lowest BCUT2D eigenvalue weighted by atomic mass is 9.97. The summed E-state index contributed by atoms with van der Waals surface area (Å²) in [7, 11) is -2.34. The topological polar surface area (TPSA) is 88.6 Å². The molecule has 168 valence electrons. The molecule has 0 bridgehead atoms. The van der Waals surface area contributed by atoms with Gasteiger partial charge < -0.3 is 10.1 Å². The summed E-state index contributed by atoms with van der Waals surface area (Å²) < 4.78 is 46.0. The zero-order chi connectivity index (χ0) is 22.7. The summed E-state index contributed by atoms with van der Waals surface area (Å²) in [5.74, 6) is -0.629. The molecule has 1 aliphatic rings. The number of hydrogen-bond donors (Lipinski definition) is 1. The number of thiazole rings is 1. The Kier molecular flexibility index (Phi) is 6.54. The summed E-state index contributed by atoms with van der Waals surface area (Å²) in [6.45, 7) is 0.304. The summed E-state index contributed by atoms with van der Waals surface area (Å²) in [6, 6.07) is 12.8. The Labute approximate surface area is 189 Å². The van der Waals surface area contributed by atoms with Crippen LogP contribution in [0.1, 0.15) is 12.8 Å². The summed E-state index contributed by atoms with van der Waals surface area (Å²) >= 11 is 1.31. The Morgan fingerprint density at radius 3 is 2.56 bits per heavy atom. The van der Waals surface area contributed by atoms with Crippen molar-refractivity contribution in [3.05, 3.63) is 59.7 Å². The van der Waals surface area contributed by atoms with E-state index in [1.165, 1.54) is 33.8 Å². The largest absolute Gasteiger partial charge is 0.496 e. The lowest BCUT2D eigenvalue weighted by Gasteiger charge is -2.30. The Balaban J connectivity index is 1.38. The fourth-order valence-corrected chi connectivity index (χ4v) is 5.92. The van der Waals surface area contributed by atoms with Crippen molar-refractivity contribution in [2.75, 3.05) is 25.5 Å². The van der Waals surface area contributed by atoms with Crippen molar-refractivity contribution in [3.8, 4) is 17.0 Å². The summed E-state index contributed by atoms with van der Waals surface area (Å²) in [6.07, 6.45) is 0.703. The van der Waals surface area contributed by atoms with Crippen LogP contribution in [0.15, 0.2) is 58.8 Å². The van der Waals surface area contributed by atoms with Crippen LogP contribution in [0.5, 0.6) is 5.75 Å². The van der Waals surface area contributed by atoms with Crippen molar-refractivity contribution in [2.24, 2.45) is 5.92 Å². The third kappa shape index (κ3) is 4.52. The second-order valence-electron chi connectivity index (χ2n) is 7.34. The average molecular weight is 476 g/mol. The standard InChI is InChI=1S/C22H22FN3O4S2/c1-30-19-8-4-2-6-16(19)18-14-31-22(24-18)25-21(27)15-10-12-26(13-11-15)32(28,29)20-9-5-3-7-17(20)23/h2-9,14-15H,10-13H2,1H3,(H,24,25,27). The number of anilines is 1. The smallest absolute Gasteiger partial charge is 0.245 e. The van der Waals surface area contributed by atoms with Crippen LogP contribution < -0.4 is 10.1 Å². The van der Waals surface area contributed by atoms with E-state index in [2.05, 4.69) is 10.3 Å². The van der Waals surface area contributed by atoms with E-state index < -0.39 is 15.8 Å². The number of carbonyl (C=O) groups is 1. The van der Waals surface area contributed by atoms with E-state index in [4.69, 9.17) is 4.74 Å². The first-order valence-electron chi connectivity index (χ1n) is 10.0. The lowest BCUT2D eigenvalue weighted by molar-refractivity contribution is -0.120. The molecule has 0 atom stereocenters. The number of halogens is 1. The minimum absolute atomic E-state index is 0.152. The molecule has 10 heteroatoms. The molecule has 0 aliphatic carbocycles. The number of methoxy groups -OCH3 is 1. The van der Waals surface area contributed by atoms with Crippen LogP contribution in [-0.4, -0.2) is 43.8 Å². The average Bonchev–Trinajstić information content (AvgIpc) is 3.27. The van der Waals surface area contributed by atoms with Gasteiger partial charge in [-0.05, 0) is 37.1 Å². The lowest BCUT2D eigenvalue weighted by Crippen LogP contribution is -2.41. The first-order valence-corrected chi connectivity index (χ1v) is 12.4. The Hall–Kier alpha value is -2.82. The van der Waals surface area contributed by atoms with E-state index in [1.807, 2.05) is 29.6 Å². The van der Waals surface area contributed by atoms with Gasteiger partial charge >= 0.3 is 0 Å². The second kappa shape index (κ2) is 9.35. The van der Waals surface area contributed by atoms with Crippen LogP contribution >= 0.6 is 11.3 Å². The maximum Gasteiger partial charge on any atom is 0.245 e. The fourth-order valence-electron chi connectivity index (χ4n) is 3.67. The van der Waals surface area contributed by atoms with E-state index >= 15 is 0 Å². The van der Waals surface area contributed by atoms with Crippen LogP contribution in [-0.2, 0) is 14.8 Å². The molecule has 7 nitrogen and oxygen atoms in total. The first kappa shape index (κ1) is 22.4. The van der Waals surface area contributed by atoms with Gasteiger partial charge in [-0.15, -0.1) is 11.3 Å². The number of sulfonamides is 1. The minimum Gasteiger partial charge on any atom is -0.496 e. The third-order valence-electron chi connectivity index (χ3n) is 5.40. The Morgan fingerprint density at radius 2 is 1.84 bits per heavy atom. The van der Waals surface area contributed by atoms with E-state index in [0.717, 1.165) is 11.6 Å². The number of carbonyl (C=O) groups excluding carboxylic acids is 1. The highest BCUT2D eigenvalue weighted by Crippen LogP contribution is 2.32. The summed E-state index contributed by atoms with van der Waals surface area (Å²) in [5, 5.41) is 5.15. The fraction of sp³-hybridized carbons (Fsp3) is 0.273. The molecule has 1 aromatic heterocycles. The number of hydrogen-bond acceptors (Lipinski definition) is 6. The van der Waals surface area contributed by atoms with Crippen molar-refractivity contribution in [1.82, 2.24) is 9.29 Å². The number of amides is 1. The summed E-state index contributed by atoms with van der Waals surface area (Å²) in [5.41, 5.74) is 1.53. The quantitative estimate of drug-likeness (QED) is 0.582. The number of nitrogens with one attached hydrogen (secondary N) is 1. The maximum atomic E-state index is 14.0. The van der Waals surface area contributed by atoms with Gasteiger partial charge in [-0.2, -0.15) is 4.31 Å². The molecule has 2 heterocycles. The molecule has 0 radical (unpaired) electrons. The number of rotatable bonds is 6. The number of benzene rings is 2. The molecule has 1 amide bonds. The van der Waals surface area contributed by atoms with Gasteiger partial charge in [0.05, 0.1) is 12.8 Å². The van der Waals surface area contributed by atoms with Gasteiger partial charge in [0.15, 0.2) is 5.13 Å².